The fraction of sp³-hybridized carbons (Fsp3) is 0.250. The summed E-state index contributed by atoms with van der Waals surface area (Å²) in [4.78, 5) is 26.3. The maximum absolute atomic E-state index is 14.7. The molecule has 0 aliphatic carbocycles. The van der Waals surface area contributed by atoms with Crippen LogP contribution in [0.1, 0.15) is 30.1 Å². The van der Waals surface area contributed by atoms with Crippen LogP contribution in [0.15, 0.2) is 31.4 Å². The van der Waals surface area contributed by atoms with Gasteiger partial charge in [0.2, 0.25) is 5.91 Å². The Kier molecular flexibility index (Phi) is 5.57. The van der Waals surface area contributed by atoms with Gasteiger partial charge in [0.15, 0.2) is 17.3 Å². The second kappa shape index (κ2) is 8.74. The number of aryl methyl sites for hydroxylation is 1. The maximum atomic E-state index is 14.7. The van der Waals surface area contributed by atoms with Gasteiger partial charge < -0.3 is 15.2 Å². The molecule has 36 heavy (non-hydrogen) atoms. The molecule has 0 saturated carbocycles. The van der Waals surface area contributed by atoms with E-state index < -0.39 is 11.6 Å². The highest BCUT2D eigenvalue weighted by molar-refractivity contribution is 5.91. The van der Waals surface area contributed by atoms with Gasteiger partial charge in [-0.15, -0.1) is 0 Å². The number of hydrogen-bond donors (Lipinski definition) is 1. The van der Waals surface area contributed by atoms with Crippen molar-refractivity contribution in [3.05, 3.63) is 54.3 Å². The van der Waals surface area contributed by atoms with Crippen molar-refractivity contribution in [1.82, 2.24) is 34.2 Å². The van der Waals surface area contributed by atoms with E-state index in [9.17, 15) is 18.8 Å². The summed E-state index contributed by atoms with van der Waals surface area (Å²) in [5.41, 5.74) is 6.78. The first-order chi connectivity index (χ1) is 17.3. The molecule has 1 amide bonds. The zero-order chi connectivity index (χ0) is 25.6. The number of amides is 1. The van der Waals surface area contributed by atoms with E-state index in [-0.39, 0.29) is 59.1 Å². The second-order valence-electron chi connectivity index (χ2n) is 8.38. The zero-order valence-electron chi connectivity index (χ0n) is 19.1. The fourth-order valence-electron chi connectivity index (χ4n) is 4.55. The number of imidazole rings is 1. The highest BCUT2D eigenvalue weighted by Crippen LogP contribution is 2.33. The quantitative estimate of drug-likeness (QED) is 0.346. The van der Waals surface area contributed by atoms with E-state index in [4.69, 9.17) is 5.73 Å². The van der Waals surface area contributed by atoms with Crippen LogP contribution in [0.2, 0.25) is 0 Å². The van der Waals surface area contributed by atoms with Crippen molar-refractivity contribution in [2.45, 2.75) is 24.9 Å². The summed E-state index contributed by atoms with van der Waals surface area (Å²) in [6.07, 6.45) is 4.48. The van der Waals surface area contributed by atoms with Crippen molar-refractivity contribution in [2.75, 3.05) is 12.3 Å². The Bertz CT molecular complexity index is 1650. The van der Waals surface area contributed by atoms with Crippen LogP contribution < -0.4 is 5.73 Å². The van der Waals surface area contributed by atoms with E-state index in [1.807, 2.05) is 0 Å². The van der Waals surface area contributed by atoms with Gasteiger partial charge in [-0.25, -0.2) is 28.4 Å². The monoisotopic (exact) mass is 487 g/mol. The number of carbonyl (C=O) groups excluding carboxylic acids is 1. The molecular weight excluding hydrogens is 468 g/mol. The van der Waals surface area contributed by atoms with E-state index in [1.165, 1.54) is 29.4 Å². The molecule has 1 aliphatic rings. The third kappa shape index (κ3) is 3.60. The second-order valence-corrected chi connectivity index (χ2v) is 8.38. The van der Waals surface area contributed by atoms with Crippen molar-refractivity contribution in [2.24, 2.45) is 7.05 Å². The van der Waals surface area contributed by atoms with Crippen LogP contribution in [-0.4, -0.2) is 52.7 Å². The average Bonchev–Trinajstić information content (AvgIpc) is 3.56. The van der Waals surface area contributed by atoms with E-state index >= 15 is 0 Å². The first-order valence-corrected chi connectivity index (χ1v) is 10.9. The summed E-state index contributed by atoms with van der Waals surface area (Å²) in [6.45, 7) is 3.81. The van der Waals surface area contributed by atoms with Crippen LogP contribution in [0.4, 0.5) is 14.6 Å². The first kappa shape index (κ1) is 22.9. The van der Waals surface area contributed by atoms with Crippen LogP contribution in [0.5, 0.6) is 0 Å². The number of nitrogen functional groups attached to an aromatic ring is 1. The van der Waals surface area contributed by atoms with Crippen LogP contribution in [0.3, 0.4) is 0 Å². The lowest BCUT2D eigenvalue weighted by molar-refractivity contribution is -0.126. The minimum absolute atomic E-state index is 0.0391. The van der Waals surface area contributed by atoms with Crippen molar-refractivity contribution < 1.29 is 13.6 Å². The van der Waals surface area contributed by atoms with Gasteiger partial charge in [0.1, 0.15) is 23.4 Å². The summed E-state index contributed by atoms with van der Waals surface area (Å²) < 4.78 is 32.3. The number of nitrogens with zero attached hydrogens (tertiary/aromatic N) is 8. The predicted molar refractivity (Wildman–Crippen MR) is 126 cm³/mol. The van der Waals surface area contributed by atoms with Gasteiger partial charge in [-0.3, -0.25) is 4.79 Å². The van der Waals surface area contributed by atoms with Gasteiger partial charge in [0.25, 0.3) is 0 Å². The lowest BCUT2D eigenvalue weighted by Gasteiger charge is -2.20. The average molecular weight is 487 g/mol. The number of benzene rings is 1. The topological polar surface area (TPSA) is 132 Å². The number of aromatic nitrogens is 6. The number of fused-ring (bicyclic) bond motifs is 2. The minimum Gasteiger partial charge on any atom is -0.383 e. The number of nitrogens with two attached hydrogens (primary N) is 1. The molecule has 4 aromatic rings. The molecule has 1 aromatic carbocycles. The van der Waals surface area contributed by atoms with Crippen LogP contribution in [0, 0.1) is 34.8 Å². The molecule has 1 aliphatic heterocycles. The lowest BCUT2D eigenvalue weighted by Crippen LogP contribution is -2.34. The molecule has 0 spiro atoms. The molecule has 2 N–H and O–H groups in total. The van der Waals surface area contributed by atoms with Crippen molar-refractivity contribution in [1.29, 1.82) is 5.26 Å². The Labute approximate surface area is 203 Å². The Morgan fingerprint density at radius 2 is 2.11 bits per heavy atom. The van der Waals surface area contributed by atoms with Crippen LogP contribution >= 0.6 is 0 Å². The number of anilines is 1. The molecule has 3 aromatic heterocycles. The Balaban J connectivity index is 1.60. The van der Waals surface area contributed by atoms with Gasteiger partial charge in [0.05, 0.1) is 41.3 Å². The van der Waals surface area contributed by atoms with Crippen molar-refractivity contribution in [3.8, 4) is 17.9 Å². The van der Waals surface area contributed by atoms with Gasteiger partial charge in [-0.2, -0.15) is 10.4 Å². The van der Waals surface area contributed by atoms with Gasteiger partial charge in [-0.1, -0.05) is 12.5 Å². The van der Waals surface area contributed by atoms with E-state index in [0.29, 0.717) is 17.5 Å². The molecule has 180 valence electrons. The molecule has 1 unspecified atom stereocenters. The standard InChI is InChI=1S/C24H19F2N9O/c1-3-18(36)34-10-15(9-14(34)6-7-27)35-24-19(23(28)29-11-30-24)16(32-35)5-4-13-8-17-22(21(26)20(13)25)33(2)12-31-17/h3,8,11-12,14-15H,1,6,9-10H2,2H3,(H2,28,29,30)/t14-,15?/m0/s1. The summed E-state index contributed by atoms with van der Waals surface area (Å²) >= 11 is 0. The summed E-state index contributed by atoms with van der Waals surface area (Å²) in [6, 6.07) is 2.83. The molecule has 2 atom stereocenters. The number of hydrogen-bond acceptors (Lipinski definition) is 7. The van der Waals surface area contributed by atoms with Crippen molar-refractivity contribution >= 4 is 33.8 Å². The zero-order valence-corrected chi connectivity index (χ0v) is 19.1. The summed E-state index contributed by atoms with van der Waals surface area (Å²) in [5, 5.41) is 14.1. The number of halogens is 2. The SMILES string of the molecule is C=CC(=O)N1CC(n2nc(C#Cc3cc4ncn(C)c4c(F)c3F)c3c(N)ncnc32)C[C@@H]1CC#N. The molecule has 5 rings (SSSR count). The third-order valence-electron chi connectivity index (χ3n) is 6.24. The number of likely N-dealkylation sites (tertiary alicyclic amines) is 1. The summed E-state index contributed by atoms with van der Waals surface area (Å²) in [7, 11) is 1.57. The van der Waals surface area contributed by atoms with Gasteiger partial charge >= 0.3 is 0 Å². The predicted octanol–water partition coefficient (Wildman–Crippen LogP) is 2.21. The van der Waals surface area contributed by atoms with Gasteiger partial charge in [0, 0.05) is 19.6 Å². The summed E-state index contributed by atoms with van der Waals surface area (Å²) in [5.74, 6) is 3.11. The maximum Gasteiger partial charge on any atom is 0.246 e. The van der Waals surface area contributed by atoms with E-state index in [0.717, 1.165) is 0 Å². The van der Waals surface area contributed by atoms with Crippen LogP contribution in [0.25, 0.3) is 22.1 Å². The molecule has 1 fully saturated rings. The number of nitriles is 1. The third-order valence-corrected chi connectivity index (χ3v) is 6.24. The lowest BCUT2D eigenvalue weighted by atomic mass is 10.1. The minimum atomic E-state index is -1.10. The number of rotatable bonds is 3. The van der Waals surface area contributed by atoms with E-state index in [2.05, 4.69) is 44.5 Å². The molecule has 10 nitrogen and oxygen atoms in total. The molecular formula is C24H19F2N9O. The highest BCUT2D eigenvalue weighted by Gasteiger charge is 2.37. The smallest absolute Gasteiger partial charge is 0.246 e. The molecule has 12 heteroatoms. The first-order valence-electron chi connectivity index (χ1n) is 10.9. The fourth-order valence-corrected chi connectivity index (χ4v) is 4.55. The largest absolute Gasteiger partial charge is 0.383 e. The Morgan fingerprint density at radius 3 is 2.86 bits per heavy atom. The number of carbonyl (C=O) groups is 1. The molecule has 0 radical (unpaired) electrons. The van der Waals surface area contributed by atoms with Crippen LogP contribution in [-0.2, 0) is 11.8 Å². The Hall–Kier alpha value is -4.84. The van der Waals surface area contributed by atoms with Crippen molar-refractivity contribution in [3.63, 3.8) is 0 Å². The highest BCUT2D eigenvalue weighted by atomic mass is 19.2. The Morgan fingerprint density at radius 1 is 1.31 bits per heavy atom. The van der Waals surface area contributed by atoms with Gasteiger partial charge in [-0.05, 0) is 24.5 Å². The normalized spacial score (nSPS) is 17.2. The molecule has 0 bridgehead atoms. The molecule has 4 heterocycles. The van der Waals surface area contributed by atoms with E-state index in [1.54, 1.807) is 16.6 Å². The molecule has 1 saturated heterocycles.